The van der Waals surface area contributed by atoms with E-state index in [1.54, 1.807) is 0 Å². The van der Waals surface area contributed by atoms with Gasteiger partial charge in [0.05, 0.1) is 6.10 Å². The number of rotatable bonds is 29. The Balaban J connectivity index is -0.000000192. The zero-order valence-corrected chi connectivity index (χ0v) is 28.5. The second-order valence-corrected chi connectivity index (χ2v) is 11.5. The van der Waals surface area contributed by atoms with E-state index in [1.165, 1.54) is 51.4 Å². The number of unbranched alkanes of at least 4 members (excludes halogenated alkanes) is 17. The number of carbonyl (C=O) groups is 4. The summed E-state index contributed by atoms with van der Waals surface area (Å²) in [6, 6.07) is 0. The van der Waals surface area contributed by atoms with Crippen LogP contribution in [0.2, 0.25) is 0 Å². The molecule has 10 heteroatoms. The first-order valence-corrected chi connectivity index (χ1v) is 17.1. The summed E-state index contributed by atoms with van der Waals surface area (Å²) in [4.78, 5) is 40.5. The number of aliphatic hydroxyl groups excluding tert-OH is 1. The summed E-state index contributed by atoms with van der Waals surface area (Å²) < 4.78 is 0. The van der Waals surface area contributed by atoms with Crippen molar-refractivity contribution < 1.29 is 65.0 Å². The third-order valence-electron chi connectivity index (χ3n) is 7.09. The number of carboxylic acid groups (broad SMARTS) is 4. The van der Waals surface area contributed by atoms with E-state index < -0.39 is 23.9 Å². The maximum absolute atomic E-state index is 10.3. The van der Waals surface area contributed by atoms with Crippen molar-refractivity contribution in [2.75, 3.05) is 0 Å². The molecule has 0 saturated heterocycles. The SMILES string of the molecule is CCCCCC(=O)O.CCCCCCC(O)CCCCCCCCCCC(=O)O.O=C(O)CCCCCCCCC(=O)O.[H-].[Li+]. The molecular weight excluding hydrogens is 559 g/mol. The van der Waals surface area contributed by atoms with Gasteiger partial charge in [0.15, 0.2) is 0 Å². The Kier molecular flexibility index (Phi) is 46.4. The van der Waals surface area contributed by atoms with Crippen LogP contribution in [0.5, 0.6) is 0 Å². The Bertz CT molecular complexity index is 631. The Morgan fingerprint density at radius 2 is 0.614 bits per heavy atom. The van der Waals surface area contributed by atoms with E-state index in [-0.39, 0.29) is 39.2 Å². The van der Waals surface area contributed by atoms with Crippen molar-refractivity contribution >= 4 is 23.9 Å². The van der Waals surface area contributed by atoms with Gasteiger partial charge in [-0.1, -0.05) is 123 Å². The fourth-order valence-electron chi connectivity index (χ4n) is 4.45. The van der Waals surface area contributed by atoms with Gasteiger partial charge in [-0.2, -0.15) is 0 Å². The second-order valence-electron chi connectivity index (χ2n) is 11.5. The maximum atomic E-state index is 10.3. The molecule has 0 aliphatic heterocycles. The number of carboxylic acids is 4. The predicted octanol–water partition coefficient (Wildman–Crippen LogP) is 6.35. The summed E-state index contributed by atoms with van der Waals surface area (Å²) in [5.41, 5.74) is 0. The molecule has 44 heavy (non-hydrogen) atoms. The van der Waals surface area contributed by atoms with E-state index in [9.17, 15) is 24.3 Å². The van der Waals surface area contributed by atoms with Gasteiger partial charge in [-0.3, -0.25) is 19.2 Å². The summed E-state index contributed by atoms with van der Waals surface area (Å²) in [6.45, 7) is 4.27. The van der Waals surface area contributed by atoms with Crippen molar-refractivity contribution in [1.29, 1.82) is 0 Å². The van der Waals surface area contributed by atoms with Crippen molar-refractivity contribution in [1.82, 2.24) is 0 Å². The van der Waals surface area contributed by atoms with Crippen LogP contribution < -0.4 is 18.9 Å². The third-order valence-corrected chi connectivity index (χ3v) is 7.09. The van der Waals surface area contributed by atoms with E-state index in [0.717, 1.165) is 96.3 Å². The quantitative estimate of drug-likeness (QED) is 0.0469. The average Bonchev–Trinajstić information content (AvgIpc) is 2.94. The van der Waals surface area contributed by atoms with Gasteiger partial charge in [-0.05, 0) is 38.5 Å². The fourth-order valence-corrected chi connectivity index (χ4v) is 4.45. The monoisotopic (exact) mass is 626 g/mol. The first-order valence-electron chi connectivity index (χ1n) is 17.1. The molecule has 0 radical (unpaired) electrons. The van der Waals surface area contributed by atoms with Crippen LogP contribution in [0.15, 0.2) is 0 Å². The van der Waals surface area contributed by atoms with Crippen molar-refractivity contribution in [2.24, 2.45) is 0 Å². The van der Waals surface area contributed by atoms with E-state index in [0.29, 0.717) is 12.8 Å². The minimum absolute atomic E-state index is 0. The van der Waals surface area contributed by atoms with Crippen LogP contribution in [0, 0.1) is 0 Å². The summed E-state index contributed by atoms with van der Waals surface area (Å²) in [7, 11) is 0. The molecule has 0 aromatic rings. The molecule has 0 aliphatic carbocycles. The number of aliphatic carboxylic acids is 4. The normalized spacial score (nSPS) is 10.8. The van der Waals surface area contributed by atoms with Gasteiger partial charge in [0.2, 0.25) is 0 Å². The van der Waals surface area contributed by atoms with E-state index in [4.69, 9.17) is 20.4 Å². The predicted molar refractivity (Wildman–Crippen MR) is 174 cm³/mol. The molecule has 0 bridgehead atoms. The topological polar surface area (TPSA) is 169 Å². The summed E-state index contributed by atoms with van der Waals surface area (Å²) in [5.74, 6) is -2.84. The van der Waals surface area contributed by atoms with Crippen molar-refractivity contribution in [3.8, 4) is 0 Å². The molecule has 0 aromatic heterocycles. The van der Waals surface area contributed by atoms with Gasteiger partial charge in [0, 0.05) is 25.7 Å². The van der Waals surface area contributed by atoms with Gasteiger partial charge in [-0.15, -0.1) is 0 Å². The standard InChI is InChI=1S/C18H36O3.C10H18O4.C6H12O2.Li.H/c1-2-3-4-11-14-17(19)15-12-9-7-5-6-8-10-13-16-18(20)21;11-9(12)7-5-3-1-2-4-6-8-10(13)14;1-2-3-4-5-6(7)8;;/h17,19H,2-16H2,1H3,(H,20,21);1-8H2,(H,11,12)(H,13,14);2-5H2,1H3,(H,7,8);;/q;;;+1;-1. The van der Waals surface area contributed by atoms with E-state index in [1.807, 2.05) is 0 Å². The molecule has 0 spiro atoms. The molecule has 258 valence electrons. The molecule has 0 fully saturated rings. The smallest absolute Gasteiger partial charge is 1.00 e. The molecule has 5 N–H and O–H groups in total. The van der Waals surface area contributed by atoms with Crippen LogP contribution in [0.3, 0.4) is 0 Å². The van der Waals surface area contributed by atoms with Crippen molar-refractivity contribution in [2.45, 2.75) is 193 Å². The third kappa shape index (κ3) is 56.3. The van der Waals surface area contributed by atoms with Crippen LogP contribution in [-0.4, -0.2) is 55.5 Å². The molecule has 0 rings (SSSR count). The molecule has 0 saturated carbocycles. The first-order chi connectivity index (χ1) is 20.6. The molecule has 0 heterocycles. The summed E-state index contributed by atoms with van der Waals surface area (Å²) in [6.07, 6.45) is 25.4. The largest absolute Gasteiger partial charge is 1.00 e. The number of hydrogen-bond donors (Lipinski definition) is 5. The second kappa shape index (κ2) is 41.4. The van der Waals surface area contributed by atoms with Crippen molar-refractivity contribution in [3.63, 3.8) is 0 Å². The van der Waals surface area contributed by atoms with Crippen LogP contribution in [0.1, 0.15) is 189 Å². The fraction of sp³-hybridized carbons (Fsp3) is 0.882. The molecule has 0 amide bonds. The molecular formula is C34H67LiO9. The van der Waals surface area contributed by atoms with Gasteiger partial charge in [0.1, 0.15) is 0 Å². The zero-order valence-electron chi connectivity index (χ0n) is 29.5. The Hall–Kier alpha value is -1.56. The van der Waals surface area contributed by atoms with E-state index >= 15 is 0 Å². The van der Waals surface area contributed by atoms with Gasteiger partial charge in [0.25, 0.3) is 0 Å². The Morgan fingerprint density at radius 3 is 0.886 bits per heavy atom. The molecule has 0 aromatic carbocycles. The number of hydrogen-bond acceptors (Lipinski definition) is 5. The molecule has 9 nitrogen and oxygen atoms in total. The first kappa shape index (κ1) is 49.3. The van der Waals surface area contributed by atoms with Crippen LogP contribution in [0.25, 0.3) is 0 Å². The Labute approximate surface area is 281 Å². The minimum Gasteiger partial charge on any atom is -1.00 e. The summed E-state index contributed by atoms with van der Waals surface area (Å²) >= 11 is 0. The van der Waals surface area contributed by atoms with Crippen molar-refractivity contribution in [3.05, 3.63) is 0 Å². The molecule has 0 aliphatic rings. The van der Waals surface area contributed by atoms with Gasteiger partial charge < -0.3 is 27.0 Å². The maximum Gasteiger partial charge on any atom is 1.00 e. The number of aliphatic hydroxyl groups is 1. The van der Waals surface area contributed by atoms with Gasteiger partial charge in [-0.25, -0.2) is 0 Å². The van der Waals surface area contributed by atoms with Gasteiger partial charge >= 0.3 is 42.7 Å². The summed E-state index contributed by atoms with van der Waals surface area (Å²) in [5, 5.41) is 43.2. The molecule has 1 unspecified atom stereocenters. The minimum atomic E-state index is -0.740. The van der Waals surface area contributed by atoms with E-state index in [2.05, 4.69) is 13.8 Å². The zero-order chi connectivity index (χ0) is 33.0. The average molecular weight is 627 g/mol. The van der Waals surface area contributed by atoms with Crippen LogP contribution >= 0.6 is 0 Å². The van der Waals surface area contributed by atoms with Crippen LogP contribution in [-0.2, 0) is 19.2 Å². The Morgan fingerprint density at radius 1 is 0.409 bits per heavy atom. The van der Waals surface area contributed by atoms with Crippen LogP contribution in [0.4, 0.5) is 0 Å². The molecule has 1 atom stereocenters.